The van der Waals surface area contributed by atoms with Gasteiger partial charge in [0.05, 0.1) is 10.4 Å². The van der Waals surface area contributed by atoms with Gasteiger partial charge in [-0.25, -0.2) is 4.57 Å². The van der Waals surface area contributed by atoms with Crippen LogP contribution in [0.3, 0.4) is 0 Å². The quantitative estimate of drug-likeness (QED) is 0.276. The minimum Gasteiger partial charge on any atom is -0.308 e. The normalized spacial score (nSPS) is 14.4. The van der Waals surface area contributed by atoms with Gasteiger partial charge in [-0.3, -0.25) is 24.5 Å². The van der Waals surface area contributed by atoms with Gasteiger partial charge in [0.15, 0.2) is 0 Å². The zero-order valence-electron chi connectivity index (χ0n) is 20.3. The maximum atomic E-state index is 13.6. The molecule has 3 aromatic carbocycles. The van der Waals surface area contributed by atoms with Crippen LogP contribution in [0, 0.1) is 16.0 Å². The Labute approximate surface area is 212 Å². The van der Waals surface area contributed by atoms with Crippen molar-refractivity contribution in [2.75, 3.05) is 11.4 Å². The molecular formula is C29H25N3O5. The molecule has 37 heavy (non-hydrogen) atoms. The van der Waals surface area contributed by atoms with Gasteiger partial charge < -0.3 is 4.90 Å². The van der Waals surface area contributed by atoms with Crippen molar-refractivity contribution < 1.29 is 14.5 Å². The summed E-state index contributed by atoms with van der Waals surface area (Å²) in [6.45, 7) is 2.19. The summed E-state index contributed by atoms with van der Waals surface area (Å²) in [5.74, 6) is -0.955. The van der Waals surface area contributed by atoms with Crippen molar-refractivity contribution >= 4 is 34.1 Å². The summed E-state index contributed by atoms with van der Waals surface area (Å²) in [5.41, 5.74) is 2.26. The smallest absolute Gasteiger partial charge is 0.270 e. The van der Waals surface area contributed by atoms with E-state index in [-0.39, 0.29) is 23.6 Å². The predicted molar refractivity (Wildman–Crippen MR) is 141 cm³/mol. The first-order chi connectivity index (χ1) is 17.9. The maximum Gasteiger partial charge on any atom is 0.270 e. The van der Waals surface area contributed by atoms with E-state index in [4.69, 9.17) is 0 Å². The Kier molecular flexibility index (Phi) is 6.40. The first-order valence-corrected chi connectivity index (χ1v) is 12.2. The molecule has 8 nitrogen and oxygen atoms in total. The summed E-state index contributed by atoms with van der Waals surface area (Å²) >= 11 is 0. The summed E-state index contributed by atoms with van der Waals surface area (Å²) in [6, 6.07) is 22.4. The molecule has 1 aliphatic carbocycles. The molecule has 0 radical (unpaired) electrons. The number of hydrogen-bond donors (Lipinski definition) is 0. The highest BCUT2D eigenvalue weighted by atomic mass is 16.6. The number of pyridine rings is 1. The van der Waals surface area contributed by atoms with E-state index in [0.29, 0.717) is 36.0 Å². The van der Waals surface area contributed by atoms with Crippen molar-refractivity contribution in [1.29, 1.82) is 0 Å². The zero-order valence-corrected chi connectivity index (χ0v) is 20.3. The minimum absolute atomic E-state index is 0.0260. The number of amides is 1. The van der Waals surface area contributed by atoms with Crippen LogP contribution in [0.1, 0.15) is 39.6 Å². The van der Waals surface area contributed by atoms with Crippen LogP contribution < -0.4 is 10.5 Å². The van der Waals surface area contributed by atoms with Gasteiger partial charge in [-0.1, -0.05) is 42.5 Å². The molecule has 1 amide bonds. The molecule has 1 unspecified atom stereocenters. The first-order valence-electron chi connectivity index (χ1n) is 12.2. The number of para-hydroxylation sites is 2. The molecule has 1 atom stereocenters. The van der Waals surface area contributed by atoms with Crippen molar-refractivity contribution in [2.24, 2.45) is 5.92 Å². The second-order valence-corrected chi connectivity index (χ2v) is 9.22. The van der Waals surface area contributed by atoms with E-state index < -0.39 is 22.3 Å². The number of nitro groups is 1. The standard InChI is InChI=1S/C29H25N3O5/c1-2-30(23-9-4-3-5-10-23)28(34)25-18-21-8-6-7-11-26(21)31(29(25)35)27(33)16-19-14-20-12-13-24(32(36)37)17-22(20)15-19/h3-13,17-19H,2,14-16H2,1H3. The van der Waals surface area contributed by atoms with E-state index in [9.17, 15) is 24.5 Å². The van der Waals surface area contributed by atoms with Gasteiger partial charge in [-0.15, -0.1) is 0 Å². The average Bonchev–Trinajstić information content (AvgIpc) is 3.30. The van der Waals surface area contributed by atoms with Crippen LogP contribution in [0.25, 0.3) is 10.9 Å². The number of non-ortho nitro benzene ring substituents is 1. The fraction of sp³-hybridized carbons (Fsp3) is 0.207. The van der Waals surface area contributed by atoms with Gasteiger partial charge in [0.1, 0.15) is 5.56 Å². The summed E-state index contributed by atoms with van der Waals surface area (Å²) < 4.78 is 1.12. The molecule has 0 aliphatic heterocycles. The Balaban J connectivity index is 1.49. The van der Waals surface area contributed by atoms with E-state index in [1.165, 1.54) is 11.0 Å². The molecule has 0 bridgehead atoms. The van der Waals surface area contributed by atoms with Crippen LogP contribution in [-0.2, 0) is 12.8 Å². The molecule has 0 saturated carbocycles. The zero-order chi connectivity index (χ0) is 26.1. The number of benzene rings is 3. The van der Waals surface area contributed by atoms with Crippen LogP contribution >= 0.6 is 0 Å². The van der Waals surface area contributed by atoms with E-state index >= 15 is 0 Å². The van der Waals surface area contributed by atoms with E-state index in [1.54, 1.807) is 54.6 Å². The third-order valence-corrected chi connectivity index (χ3v) is 6.90. The van der Waals surface area contributed by atoms with Gasteiger partial charge in [0.25, 0.3) is 17.2 Å². The molecule has 8 heteroatoms. The SMILES string of the molecule is CCN(C(=O)c1cc2ccccc2n(C(=O)CC2Cc3ccc([N+](=O)[O-])cc3C2)c1=O)c1ccccc1. The lowest BCUT2D eigenvalue weighted by Crippen LogP contribution is -2.38. The molecule has 1 aliphatic rings. The topological polar surface area (TPSA) is 103 Å². The van der Waals surface area contributed by atoms with Crippen molar-refractivity contribution in [2.45, 2.75) is 26.2 Å². The summed E-state index contributed by atoms with van der Waals surface area (Å²) in [6.07, 6.45) is 1.20. The highest BCUT2D eigenvalue weighted by molar-refractivity contribution is 6.08. The van der Waals surface area contributed by atoms with Crippen molar-refractivity contribution in [3.8, 4) is 0 Å². The van der Waals surface area contributed by atoms with E-state index in [1.807, 2.05) is 25.1 Å². The third-order valence-electron chi connectivity index (χ3n) is 6.90. The van der Waals surface area contributed by atoms with Gasteiger partial charge in [-0.2, -0.15) is 0 Å². The van der Waals surface area contributed by atoms with Gasteiger partial charge in [0.2, 0.25) is 5.91 Å². The lowest BCUT2D eigenvalue weighted by molar-refractivity contribution is -0.384. The summed E-state index contributed by atoms with van der Waals surface area (Å²) in [7, 11) is 0. The summed E-state index contributed by atoms with van der Waals surface area (Å²) in [5, 5.41) is 11.8. The molecule has 0 spiro atoms. The third kappa shape index (κ3) is 4.53. The molecule has 0 fully saturated rings. The van der Waals surface area contributed by atoms with Gasteiger partial charge >= 0.3 is 0 Å². The second kappa shape index (κ2) is 9.81. The number of anilines is 1. The van der Waals surface area contributed by atoms with E-state index in [0.717, 1.165) is 15.7 Å². The first kappa shape index (κ1) is 24.1. The number of carbonyl (C=O) groups is 2. The molecular weight excluding hydrogens is 470 g/mol. The molecule has 4 aromatic rings. The van der Waals surface area contributed by atoms with Crippen LogP contribution in [0.2, 0.25) is 0 Å². The van der Waals surface area contributed by atoms with Crippen LogP contribution in [-0.4, -0.2) is 27.8 Å². The monoisotopic (exact) mass is 495 g/mol. The largest absolute Gasteiger partial charge is 0.308 e. The van der Waals surface area contributed by atoms with Crippen LogP contribution in [0.4, 0.5) is 11.4 Å². The molecule has 1 heterocycles. The second-order valence-electron chi connectivity index (χ2n) is 9.22. The molecule has 5 rings (SSSR count). The Hall–Kier alpha value is -4.59. The number of fused-ring (bicyclic) bond motifs is 2. The number of carbonyl (C=O) groups excluding carboxylic acids is 2. The van der Waals surface area contributed by atoms with Crippen LogP contribution in [0.15, 0.2) is 83.7 Å². The van der Waals surface area contributed by atoms with E-state index in [2.05, 4.69) is 0 Å². The molecule has 186 valence electrons. The Bertz CT molecular complexity index is 1590. The lowest BCUT2D eigenvalue weighted by Gasteiger charge is -2.22. The fourth-order valence-electron chi connectivity index (χ4n) is 5.15. The summed E-state index contributed by atoms with van der Waals surface area (Å²) in [4.78, 5) is 53.0. The number of nitro benzene ring substituents is 1. The maximum absolute atomic E-state index is 13.6. The Morgan fingerprint density at radius 2 is 1.68 bits per heavy atom. The lowest BCUT2D eigenvalue weighted by atomic mass is 10.0. The number of nitrogens with zero attached hydrogens (tertiary/aromatic N) is 3. The minimum atomic E-state index is -0.644. The van der Waals surface area contributed by atoms with Crippen LogP contribution in [0.5, 0.6) is 0 Å². The van der Waals surface area contributed by atoms with Gasteiger partial charge in [-0.05, 0) is 66.5 Å². The molecule has 1 aromatic heterocycles. The molecule has 0 N–H and O–H groups in total. The van der Waals surface area contributed by atoms with Crippen molar-refractivity contribution in [3.63, 3.8) is 0 Å². The van der Waals surface area contributed by atoms with Gasteiger partial charge in [0, 0.05) is 30.8 Å². The highest BCUT2D eigenvalue weighted by Crippen LogP contribution is 2.32. The average molecular weight is 496 g/mol. The Morgan fingerprint density at radius 3 is 2.41 bits per heavy atom. The van der Waals surface area contributed by atoms with Crippen molar-refractivity contribution in [3.05, 3.63) is 116 Å². The molecule has 0 saturated heterocycles. The predicted octanol–water partition coefficient (Wildman–Crippen LogP) is 5.02. The Morgan fingerprint density at radius 1 is 0.973 bits per heavy atom. The number of rotatable bonds is 6. The number of aromatic nitrogens is 1. The number of hydrogen-bond acceptors (Lipinski definition) is 5. The highest BCUT2D eigenvalue weighted by Gasteiger charge is 2.28. The van der Waals surface area contributed by atoms with Crippen molar-refractivity contribution in [1.82, 2.24) is 4.57 Å². The fourth-order valence-corrected chi connectivity index (χ4v) is 5.15.